The second kappa shape index (κ2) is 8.52. The van der Waals surface area contributed by atoms with Gasteiger partial charge in [0.1, 0.15) is 11.8 Å². The van der Waals surface area contributed by atoms with E-state index in [1.807, 2.05) is 25.1 Å². The van der Waals surface area contributed by atoms with Gasteiger partial charge in [-0.05, 0) is 50.1 Å². The molecule has 2 amide bonds. The van der Waals surface area contributed by atoms with Crippen molar-refractivity contribution in [3.63, 3.8) is 0 Å². The fourth-order valence-electron chi connectivity index (χ4n) is 3.18. The molecule has 0 bridgehead atoms. The number of amides is 2. The van der Waals surface area contributed by atoms with Crippen LogP contribution in [-0.4, -0.2) is 31.5 Å². The number of ether oxygens (including phenoxy) is 1. The predicted molar refractivity (Wildman–Crippen MR) is 112 cm³/mol. The van der Waals surface area contributed by atoms with E-state index in [1.165, 1.54) is 0 Å². The summed E-state index contributed by atoms with van der Waals surface area (Å²) in [6.45, 7) is 4.38. The minimum Gasteiger partial charge on any atom is -0.494 e. The molecule has 28 heavy (non-hydrogen) atoms. The van der Waals surface area contributed by atoms with Crippen LogP contribution < -0.4 is 20.3 Å². The van der Waals surface area contributed by atoms with E-state index in [2.05, 4.69) is 10.6 Å². The van der Waals surface area contributed by atoms with Gasteiger partial charge in [-0.3, -0.25) is 9.59 Å². The highest BCUT2D eigenvalue weighted by Gasteiger charge is 2.25. The minimum absolute atomic E-state index is 0.101. The first-order valence-corrected chi connectivity index (χ1v) is 9.59. The fraction of sp³-hybridized carbons (Fsp3) is 0.333. The van der Waals surface area contributed by atoms with Gasteiger partial charge in [0.15, 0.2) is 0 Å². The van der Waals surface area contributed by atoms with Crippen LogP contribution in [0.1, 0.15) is 25.3 Å². The summed E-state index contributed by atoms with van der Waals surface area (Å²) in [5.74, 6) is 0.519. The lowest BCUT2D eigenvalue weighted by Crippen LogP contribution is -2.32. The van der Waals surface area contributed by atoms with Crippen molar-refractivity contribution >= 4 is 40.5 Å². The Balaban J connectivity index is 1.71. The van der Waals surface area contributed by atoms with Gasteiger partial charge in [0.2, 0.25) is 11.8 Å². The van der Waals surface area contributed by atoms with E-state index in [9.17, 15) is 9.59 Å². The average Bonchev–Trinajstić information content (AvgIpc) is 3.10. The third-order valence-electron chi connectivity index (χ3n) is 4.78. The number of carbonyl (C=O) groups is 2. The van der Waals surface area contributed by atoms with Crippen molar-refractivity contribution in [2.75, 3.05) is 29.2 Å². The first kappa shape index (κ1) is 20.0. The fourth-order valence-corrected chi connectivity index (χ4v) is 3.35. The molecule has 0 radical (unpaired) electrons. The monoisotopic (exact) mass is 401 g/mol. The summed E-state index contributed by atoms with van der Waals surface area (Å²) in [7, 11) is 1.57. The summed E-state index contributed by atoms with van der Waals surface area (Å²) in [6, 6.07) is 10.4. The molecule has 148 valence electrons. The zero-order chi connectivity index (χ0) is 20.3. The summed E-state index contributed by atoms with van der Waals surface area (Å²) in [6.07, 6.45) is 1.41. The minimum atomic E-state index is -0.484. The van der Waals surface area contributed by atoms with Crippen molar-refractivity contribution in [1.29, 1.82) is 0 Å². The van der Waals surface area contributed by atoms with Crippen molar-refractivity contribution < 1.29 is 14.3 Å². The van der Waals surface area contributed by atoms with Gasteiger partial charge in [0, 0.05) is 35.4 Å². The van der Waals surface area contributed by atoms with Gasteiger partial charge in [-0.25, -0.2) is 0 Å². The Morgan fingerprint density at radius 3 is 2.71 bits per heavy atom. The maximum Gasteiger partial charge on any atom is 0.246 e. The third kappa shape index (κ3) is 4.39. The van der Waals surface area contributed by atoms with Gasteiger partial charge >= 0.3 is 0 Å². The third-order valence-corrected chi connectivity index (χ3v) is 5.01. The van der Waals surface area contributed by atoms with Crippen LogP contribution in [0.4, 0.5) is 17.1 Å². The lowest BCUT2D eigenvalue weighted by molar-refractivity contribution is -0.117. The number of benzene rings is 2. The molecular weight excluding hydrogens is 378 g/mol. The van der Waals surface area contributed by atoms with Gasteiger partial charge < -0.3 is 20.3 Å². The Morgan fingerprint density at radius 1 is 1.25 bits per heavy atom. The van der Waals surface area contributed by atoms with Gasteiger partial charge in [0.25, 0.3) is 0 Å². The molecule has 2 aromatic rings. The molecule has 2 aromatic carbocycles. The molecule has 1 fully saturated rings. The second-order valence-corrected chi connectivity index (χ2v) is 7.29. The lowest BCUT2D eigenvalue weighted by Gasteiger charge is -2.21. The standard InChI is InChI=1S/C21H24ClN3O3/c1-13-6-7-15(22)11-17(13)24-21(27)14(2)23-16-8-9-18(19(12-16)28-3)25-10-4-5-20(25)26/h6-9,11-12,14,23H,4-5,10H2,1-3H3,(H,24,27)/t14-/m0/s1. The van der Waals surface area contributed by atoms with E-state index < -0.39 is 6.04 Å². The molecule has 3 rings (SSSR count). The van der Waals surface area contributed by atoms with Gasteiger partial charge in [-0.15, -0.1) is 0 Å². The van der Waals surface area contributed by atoms with Gasteiger partial charge in [-0.2, -0.15) is 0 Å². The van der Waals surface area contributed by atoms with Crippen molar-refractivity contribution in [3.05, 3.63) is 47.0 Å². The number of aryl methyl sites for hydroxylation is 1. The number of hydrogen-bond acceptors (Lipinski definition) is 4. The molecule has 0 unspecified atom stereocenters. The topological polar surface area (TPSA) is 70.7 Å². The molecular formula is C21H24ClN3O3. The average molecular weight is 402 g/mol. The number of halogens is 1. The quantitative estimate of drug-likeness (QED) is 0.760. The molecule has 0 aromatic heterocycles. The molecule has 6 nitrogen and oxygen atoms in total. The summed E-state index contributed by atoms with van der Waals surface area (Å²) in [5, 5.41) is 6.63. The number of nitrogens with one attached hydrogen (secondary N) is 2. The molecule has 2 N–H and O–H groups in total. The van der Waals surface area contributed by atoms with Crippen LogP contribution in [-0.2, 0) is 9.59 Å². The zero-order valence-electron chi connectivity index (χ0n) is 16.2. The van der Waals surface area contributed by atoms with Crippen LogP contribution in [0.3, 0.4) is 0 Å². The van der Waals surface area contributed by atoms with E-state index in [0.717, 1.165) is 23.4 Å². The first-order valence-electron chi connectivity index (χ1n) is 9.21. The largest absolute Gasteiger partial charge is 0.494 e. The van der Waals surface area contributed by atoms with Crippen molar-refractivity contribution in [1.82, 2.24) is 0 Å². The Kier molecular flexibility index (Phi) is 6.09. The van der Waals surface area contributed by atoms with Crippen LogP contribution in [0.5, 0.6) is 5.75 Å². The van der Waals surface area contributed by atoms with Crippen LogP contribution in [0.15, 0.2) is 36.4 Å². The predicted octanol–water partition coefficient (Wildman–Crippen LogP) is 4.22. The normalized spacial score (nSPS) is 14.7. The first-order chi connectivity index (χ1) is 13.4. The van der Waals surface area contributed by atoms with Crippen molar-refractivity contribution in [2.24, 2.45) is 0 Å². The molecule has 0 spiro atoms. The number of anilines is 3. The smallest absolute Gasteiger partial charge is 0.246 e. The van der Waals surface area contributed by atoms with E-state index in [1.54, 1.807) is 37.1 Å². The van der Waals surface area contributed by atoms with E-state index in [-0.39, 0.29) is 11.8 Å². The highest BCUT2D eigenvalue weighted by molar-refractivity contribution is 6.31. The van der Waals surface area contributed by atoms with Gasteiger partial charge in [-0.1, -0.05) is 17.7 Å². The summed E-state index contributed by atoms with van der Waals surface area (Å²) in [5.41, 5.74) is 3.11. The highest BCUT2D eigenvalue weighted by atomic mass is 35.5. The highest BCUT2D eigenvalue weighted by Crippen LogP contribution is 2.34. The molecule has 0 aliphatic carbocycles. The second-order valence-electron chi connectivity index (χ2n) is 6.85. The summed E-state index contributed by atoms with van der Waals surface area (Å²) >= 11 is 6.01. The van der Waals surface area contributed by atoms with E-state index in [4.69, 9.17) is 16.3 Å². The zero-order valence-corrected chi connectivity index (χ0v) is 17.0. The number of methoxy groups -OCH3 is 1. The maximum absolute atomic E-state index is 12.6. The Bertz CT molecular complexity index is 900. The maximum atomic E-state index is 12.6. The molecule has 1 saturated heterocycles. The molecule has 0 saturated carbocycles. The Morgan fingerprint density at radius 2 is 2.04 bits per heavy atom. The van der Waals surface area contributed by atoms with Crippen LogP contribution in [0, 0.1) is 6.92 Å². The molecule has 1 atom stereocenters. The Labute approximate surface area is 169 Å². The molecule has 1 heterocycles. The summed E-state index contributed by atoms with van der Waals surface area (Å²) in [4.78, 5) is 26.3. The van der Waals surface area contributed by atoms with Crippen LogP contribution in [0.2, 0.25) is 5.02 Å². The summed E-state index contributed by atoms with van der Waals surface area (Å²) < 4.78 is 5.46. The Hall–Kier alpha value is -2.73. The SMILES string of the molecule is COc1cc(N[C@@H](C)C(=O)Nc2cc(Cl)ccc2C)ccc1N1CCCC1=O. The number of nitrogens with zero attached hydrogens (tertiary/aromatic N) is 1. The van der Waals surface area contributed by atoms with Crippen molar-refractivity contribution in [2.45, 2.75) is 32.7 Å². The van der Waals surface area contributed by atoms with Crippen LogP contribution >= 0.6 is 11.6 Å². The number of rotatable bonds is 6. The van der Waals surface area contributed by atoms with Crippen LogP contribution in [0.25, 0.3) is 0 Å². The lowest BCUT2D eigenvalue weighted by atomic mass is 10.2. The van der Waals surface area contributed by atoms with Crippen molar-refractivity contribution in [3.8, 4) is 5.75 Å². The van der Waals surface area contributed by atoms with E-state index in [0.29, 0.717) is 29.4 Å². The number of carbonyl (C=O) groups excluding carboxylic acids is 2. The van der Waals surface area contributed by atoms with Gasteiger partial charge in [0.05, 0.1) is 12.8 Å². The molecule has 7 heteroatoms. The van der Waals surface area contributed by atoms with E-state index >= 15 is 0 Å². The molecule has 1 aliphatic rings. The molecule has 1 aliphatic heterocycles. The number of hydrogen-bond donors (Lipinski definition) is 2.